The van der Waals surface area contributed by atoms with E-state index in [2.05, 4.69) is 22.4 Å². The van der Waals surface area contributed by atoms with Gasteiger partial charge < -0.3 is 5.32 Å². The zero-order valence-electron chi connectivity index (χ0n) is 16.5. The second-order valence-electron chi connectivity index (χ2n) is 7.03. The number of rotatable bonds is 8. The predicted molar refractivity (Wildman–Crippen MR) is 116 cm³/mol. The minimum Gasteiger partial charge on any atom is -0.300 e. The van der Waals surface area contributed by atoms with Crippen LogP contribution in [0, 0.1) is 5.92 Å². The van der Waals surface area contributed by atoms with Crippen molar-refractivity contribution in [3.05, 3.63) is 46.3 Å². The molecule has 3 rings (SSSR count). The average Bonchev–Trinajstić information content (AvgIpc) is 3.19. The largest absolute Gasteiger partial charge is 0.300 e. The summed E-state index contributed by atoms with van der Waals surface area (Å²) in [6.45, 7) is 2.78. The Balaban J connectivity index is 1.51. The lowest BCUT2D eigenvalue weighted by atomic mass is 9.97. The van der Waals surface area contributed by atoms with E-state index < -0.39 is 10.0 Å². The zero-order chi connectivity index (χ0) is 20.7. The molecule has 29 heavy (non-hydrogen) atoms. The predicted octanol–water partition coefficient (Wildman–Crippen LogP) is 3.53. The maximum absolute atomic E-state index is 12.5. The number of carbonyl (C=O) groups is 1. The second-order valence-corrected chi connectivity index (χ2v) is 9.91. The minimum absolute atomic E-state index is 0.111. The van der Waals surface area contributed by atoms with Gasteiger partial charge in [-0.25, -0.2) is 8.42 Å². The lowest BCUT2D eigenvalue weighted by Crippen LogP contribution is -2.40. The molecule has 0 atom stereocenters. The van der Waals surface area contributed by atoms with E-state index in [0.29, 0.717) is 31.1 Å². The average molecular weight is 435 g/mol. The molecule has 2 aromatic rings. The first-order valence-corrected chi connectivity index (χ1v) is 12.2. The number of amides is 1. The Hall–Kier alpha value is -2.10. The number of anilines is 1. The van der Waals surface area contributed by atoms with Gasteiger partial charge in [-0.15, -0.1) is 10.2 Å². The summed E-state index contributed by atoms with van der Waals surface area (Å²) in [5, 5.41) is 13.6. The Morgan fingerprint density at radius 1 is 1.24 bits per heavy atom. The number of unbranched alkanes of at least 4 members (excludes halogenated alkanes) is 1. The lowest BCUT2D eigenvalue weighted by Gasteiger charge is -2.29. The van der Waals surface area contributed by atoms with Crippen LogP contribution >= 0.6 is 11.3 Å². The fourth-order valence-corrected chi connectivity index (χ4v) is 5.13. The molecular weight excluding hydrogens is 408 g/mol. The highest BCUT2D eigenvalue weighted by atomic mass is 32.2. The van der Waals surface area contributed by atoms with E-state index in [1.807, 2.05) is 30.3 Å². The number of carbonyl (C=O) groups excluding carboxylic acids is 1. The molecular formula is C20H26N4O3S2. The standard InChI is InChI=1S/C20H26N4O3S2/c1-2-3-9-18-22-23-20(28-18)21-19(25)17-10-13-24(14-11-17)29(26,27)15-12-16-7-5-4-6-8-16/h4-8,12,15,17H,2-3,9-11,13-14H2,1H3,(H,21,23,25). The van der Waals surface area contributed by atoms with Gasteiger partial charge in [0.25, 0.3) is 0 Å². The lowest BCUT2D eigenvalue weighted by molar-refractivity contribution is -0.120. The topological polar surface area (TPSA) is 92.3 Å². The minimum atomic E-state index is -3.49. The van der Waals surface area contributed by atoms with Crippen molar-refractivity contribution in [1.82, 2.24) is 14.5 Å². The third-order valence-electron chi connectivity index (χ3n) is 4.86. The highest BCUT2D eigenvalue weighted by molar-refractivity contribution is 7.92. The van der Waals surface area contributed by atoms with Crippen LogP contribution < -0.4 is 5.32 Å². The molecule has 0 saturated carbocycles. The third-order valence-corrected chi connectivity index (χ3v) is 7.32. The van der Waals surface area contributed by atoms with E-state index in [-0.39, 0.29) is 11.8 Å². The molecule has 0 bridgehead atoms. The molecule has 0 unspecified atom stereocenters. The van der Waals surface area contributed by atoms with E-state index >= 15 is 0 Å². The number of piperidine rings is 1. The number of nitrogens with zero attached hydrogens (tertiary/aromatic N) is 3. The first-order chi connectivity index (χ1) is 14.0. The molecule has 0 spiro atoms. The van der Waals surface area contributed by atoms with Crippen molar-refractivity contribution in [3.63, 3.8) is 0 Å². The molecule has 2 heterocycles. The van der Waals surface area contributed by atoms with Crippen molar-refractivity contribution in [2.24, 2.45) is 5.92 Å². The van der Waals surface area contributed by atoms with Crippen molar-refractivity contribution in [2.75, 3.05) is 18.4 Å². The molecule has 9 heteroatoms. The summed E-state index contributed by atoms with van der Waals surface area (Å²) in [5.74, 6) is -0.331. The Labute approximate surface area is 175 Å². The van der Waals surface area contributed by atoms with Crippen LogP contribution in [0.15, 0.2) is 35.7 Å². The maximum Gasteiger partial charge on any atom is 0.236 e. The molecule has 1 aromatic heterocycles. The monoisotopic (exact) mass is 434 g/mol. The van der Waals surface area contributed by atoms with Gasteiger partial charge in [-0.05, 0) is 30.9 Å². The normalized spacial score (nSPS) is 16.3. The first-order valence-electron chi connectivity index (χ1n) is 9.84. The highest BCUT2D eigenvalue weighted by Crippen LogP contribution is 2.24. The van der Waals surface area contributed by atoms with Gasteiger partial charge in [0.05, 0.1) is 0 Å². The van der Waals surface area contributed by atoms with E-state index in [0.717, 1.165) is 29.8 Å². The van der Waals surface area contributed by atoms with Gasteiger partial charge in [-0.3, -0.25) is 4.79 Å². The Bertz CT molecular complexity index is 934. The van der Waals surface area contributed by atoms with E-state index in [1.165, 1.54) is 21.1 Å². The molecule has 1 aliphatic rings. The van der Waals surface area contributed by atoms with Crippen LogP contribution in [-0.2, 0) is 21.2 Å². The van der Waals surface area contributed by atoms with Crippen LogP contribution in [0.2, 0.25) is 0 Å². The van der Waals surface area contributed by atoms with Crippen molar-refractivity contribution in [1.29, 1.82) is 0 Å². The molecule has 1 N–H and O–H groups in total. The van der Waals surface area contributed by atoms with E-state index in [9.17, 15) is 13.2 Å². The highest BCUT2D eigenvalue weighted by Gasteiger charge is 2.30. The summed E-state index contributed by atoms with van der Waals surface area (Å²) in [6, 6.07) is 9.31. The molecule has 1 aliphatic heterocycles. The van der Waals surface area contributed by atoms with E-state index in [4.69, 9.17) is 0 Å². The number of hydrogen-bond donors (Lipinski definition) is 1. The molecule has 156 valence electrons. The number of aryl methyl sites for hydroxylation is 1. The summed E-state index contributed by atoms with van der Waals surface area (Å²) in [6.07, 6.45) is 5.59. The number of nitrogens with one attached hydrogen (secondary N) is 1. The first kappa shape index (κ1) is 21.6. The van der Waals surface area contributed by atoms with Crippen LogP contribution in [0.25, 0.3) is 6.08 Å². The van der Waals surface area contributed by atoms with Crippen LogP contribution in [-0.4, -0.2) is 41.9 Å². The summed E-state index contributed by atoms with van der Waals surface area (Å²) in [4.78, 5) is 12.5. The molecule has 0 radical (unpaired) electrons. The van der Waals surface area contributed by atoms with Crippen LogP contribution in [0.1, 0.15) is 43.2 Å². The van der Waals surface area contributed by atoms with Crippen molar-refractivity contribution >= 4 is 38.5 Å². The molecule has 1 saturated heterocycles. The van der Waals surface area contributed by atoms with Gasteiger partial charge in [-0.2, -0.15) is 4.31 Å². The maximum atomic E-state index is 12.5. The molecule has 1 aromatic carbocycles. The Morgan fingerprint density at radius 2 is 1.97 bits per heavy atom. The fourth-order valence-electron chi connectivity index (χ4n) is 3.13. The van der Waals surface area contributed by atoms with Gasteiger partial charge in [0, 0.05) is 30.8 Å². The van der Waals surface area contributed by atoms with Gasteiger partial charge in [0.1, 0.15) is 5.01 Å². The summed E-state index contributed by atoms with van der Waals surface area (Å²) < 4.78 is 26.5. The third kappa shape index (κ3) is 6.19. The van der Waals surface area contributed by atoms with Crippen LogP contribution in [0.5, 0.6) is 0 Å². The van der Waals surface area contributed by atoms with Gasteiger partial charge in [-0.1, -0.05) is 55.0 Å². The van der Waals surface area contributed by atoms with Crippen molar-refractivity contribution < 1.29 is 13.2 Å². The Kier molecular flexibility index (Phi) is 7.51. The number of benzene rings is 1. The van der Waals surface area contributed by atoms with Gasteiger partial charge >= 0.3 is 0 Å². The smallest absolute Gasteiger partial charge is 0.236 e. The number of sulfonamides is 1. The van der Waals surface area contributed by atoms with Crippen molar-refractivity contribution in [2.45, 2.75) is 39.0 Å². The quantitative estimate of drug-likeness (QED) is 0.686. The van der Waals surface area contributed by atoms with Gasteiger partial charge in [0.2, 0.25) is 21.1 Å². The van der Waals surface area contributed by atoms with E-state index in [1.54, 1.807) is 6.08 Å². The molecule has 7 nitrogen and oxygen atoms in total. The zero-order valence-corrected chi connectivity index (χ0v) is 18.1. The number of aromatic nitrogens is 2. The molecule has 1 fully saturated rings. The summed E-state index contributed by atoms with van der Waals surface area (Å²) >= 11 is 1.40. The van der Waals surface area contributed by atoms with Gasteiger partial charge in [0.15, 0.2) is 0 Å². The summed E-state index contributed by atoms with van der Waals surface area (Å²) in [5.41, 5.74) is 0.834. The van der Waals surface area contributed by atoms with Crippen LogP contribution in [0.4, 0.5) is 5.13 Å². The summed E-state index contributed by atoms with van der Waals surface area (Å²) in [7, 11) is -3.49. The van der Waals surface area contributed by atoms with Crippen LogP contribution in [0.3, 0.4) is 0 Å². The SMILES string of the molecule is CCCCc1nnc(NC(=O)C2CCN(S(=O)(=O)C=Cc3ccccc3)CC2)s1. The second kappa shape index (κ2) is 10.1. The Morgan fingerprint density at radius 3 is 2.66 bits per heavy atom. The fraction of sp³-hybridized carbons (Fsp3) is 0.450. The molecule has 0 aliphatic carbocycles. The number of hydrogen-bond acceptors (Lipinski definition) is 6. The molecule has 1 amide bonds. The van der Waals surface area contributed by atoms with Crippen molar-refractivity contribution in [3.8, 4) is 0 Å².